The molecular weight excluding hydrogens is 466 g/mol. The van der Waals surface area contributed by atoms with Gasteiger partial charge in [-0.05, 0) is 73.1 Å². The first kappa shape index (κ1) is 24.2. The molecule has 0 spiro atoms. The number of benzene rings is 2. The van der Waals surface area contributed by atoms with Crippen LogP contribution in [0.2, 0.25) is 0 Å². The number of amides is 2. The van der Waals surface area contributed by atoms with Crippen LogP contribution in [0.15, 0.2) is 54.6 Å². The predicted molar refractivity (Wildman–Crippen MR) is 139 cm³/mol. The van der Waals surface area contributed by atoms with E-state index in [-0.39, 0.29) is 35.4 Å². The van der Waals surface area contributed by atoms with E-state index in [4.69, 9.17) is 0 Å². The molecule has 2 aromatic rings. The second-order valence-electron chi connectivity index (χ2n) is 11.5. The molecule has 2 amide bonds. The molecule has 2 aromatic carbocycles. The van der Waals surface area contributed by atoms with Crippen LogP contribution in [0.25, 0.3) is 0 Å². The maximum Gasteiger partial charge on any atom is 0.335 e. The first-order valence-electron chi connectivity index (χ1n) is 13.6. The Balaban J connectivity index is 1.09. The summed E-state index contributed by atoms with van der Waals surface area (Å²) < 4.78 is 0. The van der Waals surface area contributed by atoms with Crippen LogP contribution in [-0.4, -0.2) is 65.4 Å². The van der Waals surface area contributed by atoms with Crippen LogP contribution in [0.5, 0.6) is 0 Å². The van der Waals surface area contributed by atoms with Crippen LogP contribution in [0, 0.1) is 23.2 Å². The summed E-state index contributed by atoms with van der Waals surface area (Å²) in [4.78, 5) is 42.0. The molecule has 0 aromatic heterocycles. The van der Waals surface area contributed by atoms with Gasteiger partial charge in [0.25, 0.3) is 0 Å². The van der Waals surface area contributed by atoms with E-state index in [1.807, 2.05) is 29.2 Å². The molecule has 4 saturated carbocycles. The number of carbonyl (C=O) groups excluding carboxylic acids is 2. The first-order valence-corrected chi connectivity index (χ1v) is 13.6. The van der Waals surface area contributed by atoms with Gasteiger partial charge in [-0.3, -0.25) is 14.5 Å². The number of carboxylic acids is 1. The van der Waals surface area contributed by atoms with E-state index in [9.17, 15) is 19.5 Å². The van der Waals surface area contributed by atoms with Crippen molar-refractivity contribution in [3.05, 3.63) is 71.3 Å². The maximum atomic E-state index is 13.2. The summed E-state index contributed by atoms with van der Waals surface area (Å²) in [6.45, 7) is 2.58. The molecule has 7 heteroatoms. The molecule has 37 heavy (non-hydrogen) atoms. The Morgan fingerprint density at radius 2 is 1.57 bits per heavy atom. The highest BCUT2D eigenvalue weighted by Crippen LogP contribution is 2.65. The molecule has 3 unspecified atom stereocenters. The van der Waals surface area contributed by atoms with Gasteiger partial charge in [-0.25, -0.2) is 4.79 Å². The monoisotopic (exact) mass is 501 g/mol. The lowest BCUT2D eigenvalue weighted by atomic mass is 9.75. The smallest absolute Gasteiger partial charge is 0.335 e. The Bertz CT molecular complexity index is 1180. The van der Waals surface area contributed by atoms with E-state index in [1.165, 1.54) is 19.3 Å². The fourth-order valence-corrected chi connectivity index (χ4v) is 7.93. The number of nitrogens with one attached hydrogen (secondary N) is 1. The van der Waals surface area contributed by atoms with E-state index in [1.54, 1.807) is 18.2 Å². The molecule has 4 bridgehead atoms. The Kier molecular flexibility index (Phi) is 6.27. The molecule has 4 aliphatic carbocycles. The maximum absolute atomic E-state index is 13.2. The minimum absolute atomic E-state index is 0.0220. The zero-order chi connectivity index (χ0) is 25.6. The third kappa shape index (κ3) is 4.43. The second kappa shape index (κ2) is 9.60. The fourth-order valence-electron chi connectivity index (χ4n) is 7.93. The van der Waals surface area contributed by atoms with Gasteiger partial charge in [0.2, 0.25) is 11.8 Å². The van der Waals surface area contributed by atoms with E-state index in [0.29, 0.717) is 43.9 Å². The number of piperazine rings is 1. The third-order valence-electron chi connectivity index (χ3n) is 9.44. The van der Waals surface area contributed by atoms with Crippen LogP contribution >= 0.6 is 0 Å². The summed E-state index contributed by atoms with van der Waals surface area (Å²) in [5, 5.41) is 12.5. The van der Waals surface area contributed by atoms with Gasteiger partial charge in [-0.1, -0.05) is 42.5 Å². The quantitative estimate of drug-likeness (QED) is 0.606. The summed E-state index contributed by atoms with van der Waals surface area (Å²) in [5.74, 6) is 1.08. The highest BCUT2D eigenvalue weighted by molar-refractivity contribution is 5.89. The standard InChI is InChI=1S/C30H35N3O4/c34-26(19-31-29(37)30-17-20-13-21(18-30)15-25(30)14-20)32-9-11-33(12-10-32)27(22-5-2-1-3-6-22)23-7-4-8-24(16-23)28(35)36/h1-8,16,20-21,25,27H,9-15,17-19H2,(H,31,37)(H,35,36). The fraction of sp³-hybridized carbons (Fsp3) is 0.500. The summed E-state index contributed by atoms with van der Waals surface area (Å²) in [5.41, 5.74) is 2.08. The summed E-state index contributed by atoms with van der Waals surface area (Å²) in [6.07, 6.45) is 5.70. The second-order valence-corrected chi connectivity index (χ2v) is 11.5. The van der Waals surface area contributed by atoms with Crippen molar-refractivity contribution < 1.29 is 19.5 Å². The molecule has 2 N–H and O–H groups in total. The van der Waals surface area contributed by atoms with Crippen LogP contribution in [0.3, 0.4) is 0 Å². The van der Waals surface area contributed by atoms with Crippen LogP contribution in [0.4, 0.5) is 0 Å². The third-order valence-corrected chi connectivity index (χ3v) is 9.44. The number of carbonyl (C=O) groups is 3. The lowest BCUT2D eigenvalue weighted by molar-refractivity contribution is -0.138. The van der Waals surface area contributed by atoms with Crippen LogP contribution in [0.1, 0.15) is 59.6 Å². The number of carboxylic acid groups (broad SMARTS) is 1. The van der Waals surface area contributed by atoms with Gasteiger partial charge < -0.3 is 15.3 Å². The van der Waals surface area contributed by atoms with Crippen LogP contribution < -0.4 is 5.32 Å². The molecule has 7 nitrogen and oxygen atoms in total. The van der Waals surface area contributed by atoms with Gasteiger partial charge in [0.05, 0.1) is 23.6 Å². The summed E-state index contributed by atoms with van der Waals surface area (Å²) >= 11 is 0. The highest BCUT2D eigenvalue weighted by atomic mass is 16.4. The van der Waals surface area contributed by atoms with Crippen molar-refractivity contribution in [1.29, 1.82) is 0 Å². The van der Waals surface area contributed by atoms with Gasteiger partial charge in [0.1, 0.15) is 0 Å². The van der Waals surface area contributed by atoms with Gasteiger partial charge in [-0.2, -0.15) is 0 Å². The lowest BCUT2D eigenvalue weighted by Gasteiger charge is -2.40. The molecule has 3 atom stereocenters. The first-order chi connectivity index (χ1) is 17.9. The van der Waals surface area contributed by atoms with Crippen LogP contribution in [-0.2, 0) is 9.59 Å². The van der Waals surface area contributed by atoms with Gasteiger partial charge in [0.15, 0.2) is 0 Å². The zero-order valence-corrected chi connectivity index (χ0v) is 21.1. The highest BCUT2D eigenvalue weighted by Gasteiger charge is 2.61. The van der Waals surface area contributed by atoms with E-state index in [2.05, 4.69) is 22.3 Å². The number of hydrogen-bond acceptors (Lipinski definition) is 4. The predicted octanol–water partition coefficient (Wildman–Crippen LogP) is 3.56. The van der Waals surface area contributed by atoms with Crippen molar-refractivity contribution in [2.24, 2.45) is 23.2 Å². The topological polar surface area (TPSA) is 89.9 Å². The Morgan fingerprint density at radius 3 is 2.24 bits per heavy atom. The SMILES string of the molecule is O=C(O)c1cccc(C(c2ccccc2)N2CCN(C(=O)CNC(=O)C34CC5CC(CC3C5)C4)CC2)c1. The van der Waals surface area contributed by atoms with E-state index >= 15 is 0 Å². The van der Waals surface area contributed by atoms with Crippen molar-refractivity contribution in [3.63, 3.8) is 0 Å². The Labute approximate surface area is 217 Å². The average Bonchev–Trinajstić information content (AvgIpc) is 3.32. The number of hydrogen-bond donors (Lipinski definition) is 2. The molecule has 194 valence electrons. The molecule has 0 radical (unpaired) electrons. The molecule has 1 saturated heterocycles. The zero-order valence-electron chi connectivity index (χ0n) is 21.1. The van der Waals surface area contributed by atoms with Gasteiger partial charge >= 0.3 is 5.97 Å². The number of nitrogens with zero attached hydrogens (tertiary/aromatic N) is 2. The minimum atomic E-state index is -0.941. The lowest BCUT2D eigenvalue weighted by Crippen LogP contribution is -2.53. The molecule has 5 aliphatic rings. The van der Waals surface area contributed by atoms with Gasteiger partial charge in [-0.15, -0.1) is 0 Å². The Morgan fingerprint density at radius 1 is 0.892 bits per heavy atom. The molecular formula is C30H35N3O4. The van der Waals surface area contributed by atoms with E-state index < -0.39 is 5.97 Å². The largest absolute Gasteiger partial charge is 0.478 e. The molecule has 1 heterocycles. The molecule has 5 fully saturated rings. The van der Waals surface area contributed by atoms with Crippen molar-refractivity contribution in [1.82, 2.24) is 15.1 Å². The van der Waals surface area contributed by atoms with Gasteiger partial charge in [0, 0.05) is 26.2 Å². The number of rotatable bonds is 7. The van der Waals surface area contributed by atoms with Crippen molar-refractivity contribution >= 4 is 17.8 Å². The minimum Gasteiger partial charge on any atom is -0.478 e. The van der Waals surface area contributed by atoms with Crippen molar-refractivity contribution in [3.8, 4) is 0 Å². The molecule has 1 aliphatic heterocycles. The summed E-state index contributed by atoms with van der Waals surface area (Å²) in [6, 6.07) is 17.1. The van der Waals surface area contributed by atoms with Crippen molar-refractivity contribution in [2.75, 3.05) is 32.7 Å². The molecule has 7 rings (SSSR count). The number of aromatic carboxylic acids is 1. The average molecular weight is 502 g/mol. The van der Waals surface area contributed by atoms with E-state index in [0.717, 1.165) is 24.0 Å². The summed E-state index contributed by atoms with van der Waals surface area (Å²) in [7, 11) is 0. The van der Waals surface area contributed by atoms with Crippen molar-refractivity contribution in [2.45, 2.75) is 38.1 Å². The Hall–Kier alpha value is -3.19. The normalized spacial score (nSPS) is 29.3.